The lowest BCUT2D eigenvalue weighted by Gasteiger charge is -2.01. The van der Waals surface area contributed by atoms with E-state index in [0.717, 1.165) is 5.56 Å². The number of nitrogens with one attached hydrogen (secondary N) is 1. The zero-order valence-electron chi connectivity index (χ0n) is 7.58. The van der Waals surface area contributed by atoms with Gasteiger partial charge in [0.25, 0.3) is 0 Å². The molecular formula is C9H9FN4. The van der Waals surface area contributed by atoms with E-state index in [1.165, 1.54) is 12.1 Å². The van der Waals surface area contributed by atoms with Gasteiger partial charge < -0.3 is 5.73 Å². The summed E-state index contributed by atoms with van der Waals surface area (Å²) in [6.45, 7) is 1.78. The predicted molar refractivity (Wildman–Crippen MR) is 51.2 cm³/mol. The maximum Gasteiger partial charge on any atom is 0.207 e. The third-order valence-electron chi connectivity index (χ3n) is 1.60. The SMILES string of the molecule is Cc1ccc(F)cc1N=C(N)NC#N. The van der Waals surface area contributed by atoms with E-state index in [-0.39, 0.29) is 11.8 Å². The summed E-state index contributed by atoms with van der Waals surface area (Å²) in [6.07, 6.45) is 1.62. The van der Waals surface area contributed by atoms with Gasteiger partial charge in [-0.2, -0.15) is 5.26 Å². The maximum absolute atomic E-state index is 12.8. The van der Waals surface area contributed by atoms with Crippen LogP contribution in [0.2, 0.25) is 0 Å². The van der Waals surface area contributed by atoms with Gasteiger partial charge in [-0.25, -0.2) is 9.38 Å². The van der Waals surface area contributed by atoms with Gasteiger partial charge in [0, 0.05) is 0 Å². The van der Waals surface area contributed by atoms with Crippen LogP contribution in [-0.2, 0) is 0 Å². The van der Waals surface area contributed by atoms with Gasteiger partial charge in [-0.05, 0) is 24.6 Å². The summed E-state index contributed by atoms with van der Waals surface area (Å²) < 4.78 is 12.8. The highest BCUT2D eigenvalue weighted by Crippen LogP contribution is 2.18. The second-order valence-corrected chi connectivity index (χ2v) is 2.66. The van der Waals surface area contributed by atoms with Crippen LogP contribution in [0.3, 0.4) is 0 Å². The van der Waals surface area contributed by atoms with Crippen LogP contribution in [0.5, 0.6) is 0 Å². The molecule has 0 amide bonds. The first-order valence-corrected chi connectivity index (χ1v) is 3.89. The molecule has 0 fully saturated rings. The van der Waals surface area contributed by atoms with Crippen molar-refractivity contribution in [1.82, 2.24) is 5.32 Å². The van der Waals surface area contributed by atoms with E-state index in [1.807, 2.05) is 0 Å². The summed E-state index contributed by atoms with van der Waals surface area (Å²) in [5.41, 5.74) is 6.52. The van der Waals surface area contributed by atoms with Crippen molar-refractivity contribution in [3.63, 3.8) is 0 Å². The van der Waals surface area contributed by atoms with Crippen LogP contribution in [0.1, 0.15) is 5.56 Å². The Balaban J connectivity index is 3.02. The van der Waals surface area contributed by atoms with Crippen molar-refractivity contribution in [2.45, 2.75) is 6.92 Å². The Morgan fingerprint density at radius 1 is 1.64 bits per heavy atom. The number of hydrogen-bond donors (Lipinski definition) is 2. The van der Waals surface area contributed by atoms with Gasteiger partial charge in [-0.3, -0.25) is 5.32 Å². The number of nitriles is 1. The normalized spacial score (nSPS) is 10.8. The Bertz CT molecular complexity index is 406. The number of nitrogens with two attached hydrogens (primary N) is 1. The Kier molecular flexibility index (Phi) is 3.02. The Hall–Kier alpha value is -2.09. The molecule has 0 atom stereocenters. The Labute approximate surface area is 80.9 Å². The minimum Gasteiger partial charge on any atom is -0.369 e. The molecule has 0 bridgehead atoms. The molecule has 1 aromatic rings. The Morgan fingerprint density at radius 2 is 2.36 bits per heavy atom. The largest absolute Gasteiger partial charge is 0.369 e. The molecule has 0 aliphatic carbocycles. The van der Waals surface area contributed by atoms with Crippen LogP contribution in [0.25, 0.3) is 0 Å². The highest BCUT2D eigenvalue weighted by Gasteiger charge is 1.99. The van der Waals surface area contributed by atoms with Crippen LogP contribution in [-0.4, -0.2) is 5.96 Å². The van der Waals surface area contributed by atoms with Crippen LogP contribution >= 0.6 is 0 Å². The standard InChI is InChI=1S/C9H9FN4/c1-6-2-3-7(10)4-8(6)14-9(12)13-5-11/h2-4H,1H3,(H3,12,13,14). The number of hydrogen-bond acceptors (Lipinski definition) is 2. The molecule has 0 saturated heterocycles. The summed E-state index contributed by atoms with van der Waals surface area (Å²) in [5.74, 6) is -0.444. The van der Waals surface area contributed by atoms with Crippen LogP contribution in [0.4, 0.5) is 10.1 Å². The summed E-state index contributed by atoms with van der Waals surface area (Å²) in [4.78, 5) is 3.83. The topological polar surface area (TPSA) is 74.2 Å². The Morgan fingerprint density at radius 3 is 3.00 bits per heavy atom. The zero-order chi connectivity index (χ0) is 10.6. The van der Waals surface area contributed by atoms with Gasteiger partial charge in [0.1, 0.15) is 5.82 Å². The lowest BCUT2D eigenvalue weighted by Crippen LogP contribution is -2.26. The number of aryl methyl sites for hydroxylation is 1. The fourth-order valence-corrected chi connectivity index (χ4v) is 0.918. The van der Waals surface area contributed by atoms with E-state index in [9.17, 15) is 4.39 Å². The van der Waals surface area contributed by atoms with E-state index in [1.54, 1.807) is 19.2 Å². The van der Waals surface area contributed by atoms with Crippen molar-refractivity contribution < 1.29 is 4.39 Å². The van der Waals surface area contributed by atoms with Crippen molar-refractivity contribution in [3.05, 3.63) is 29.6 Å². The fourth-order valence-electron chi connectivity index (χ4n) is 0.918. The zero-order valence-corrected chi connectivity index (χ0v) is 7.58. The highest BCUT2D eigenvalue weighted by molar-refractivity contribution is 5.82. The predicted octanol–water partition coefficient (Wildman–Crippen LogP) is 1.15. The van der Waals surface area contributed by atoms with Gasteiger partial charge in [0.2, 0.25) is 5.96 Å². The molecule has 3 N–H and O–H groups in total. The van der Waals surface area contributed by atoms with Crippen molar-refractivity contribution in [3.8, 4) is 6.19 Å². The van der Waals surface area contributed by atoms with Gasteiger partial charge in [0.05, 0.1) is 5.69 Å². The smallest absolute Gasteiger partial charge is 0.207 e. The van der Waals surface area contributed by atoms with Crippen molar-refractivity contribution in [1.29, 1.82) is 5.26 Å². The molecule has 0 radical (unpaired) electrons. The maximum atomic E-state index is 12.8. The lowest BCUT2D eigenvalue weighted by atomic mass is 10.2. The third-order valence-corrected chi connectivity index (χ3v) is 1.60. The average Bonchev–Trinajstić information content (AvgIpc) is 2.12. The summed E-state index contributed by atoms with van der Waals surface area (Å²) in [5, 5.41) is 10.4. The van der Waals surface area contributed by atoms with Crippen LogP contribution in [0, 0.1) is 24.2 Å². The number of benzene rings is 1. The second-order valence-electron chi connectivity index (χ2n) is 2.66. The third kappa shape index (κ3) is 2.45. The van der Waals surface area contributed by atoms with E-state index >= 15 is 0 Å². The van der Waals surface area contributed by atoms with Gasteiger partial charge in [-0.15, -0.1) is 0 Å². The number of guanidine groups is 1. The number of aliphatic imine (C=N–C) groups is 1. The molecule has 72 valence electrons. The van der Waals surface area contributed by atoms with Crippen LogP contribution < -0.4 is 11.1 Å². The van der Waals surface area contributed by atoms with E-state index in [0.29, 0.717) is 5.69 Å². The van der Waals surface area contributed by atoms with Crippen molar-refractivity contribution in [2.75, 3.05) is 0 Å². The molecular weight excluding hydrogens is 183 g/mol. The van der Waals surface area contributed by atoms with Crippen molar-refractivity contribution in [2.24, 2.45) is 10.7 Å². The quantitative estimate of drug-likeness (QED) is 0.303. The van der Waals surface area contributed by atoms with Gasteiger partial charge in [-0.1, -0.05) is 6.07 Å². The van der Waals surface area contributed by atoms with E-state index < -0.39 is 0 Å². The van der Waals surface area contributed by atoms with Crippen molar-refractivity contribution >= 4 is 11.6 Å². The molecule has 0 heterocycles. The van der Waals surface area contributed by atoms with Gasteiger partial charge in [0.15, 0.2) is 6.19 Å². The molecule has 1 aromatic carbocycles. The summed E-state index contributed by atoms with van der Waals surface area (Å²) in [6, 6.07) is 4.18. The average molecular weight is 192 g/mol. The second kappa shape index (κ2) is 4.23. The molecule has 0 saturated carbocycles. The summed E-state index contributed by atoms with van der Waals surface area (Å²) in [7, 11) is 0. The molecule has 5 heteroatoms. The van der Waals surface area contributed by atoms with E-state index in [2.05, 4.69) is 10.3 Å². The number of nitrogens with zero attached hydrogens (tertiary/aromatic N) is 2. The van der Waals surface area contributed by atoms with Gasteiger partial charge >= 0.3 is 0 Å². The molecule has 0 aliphatic heterocycles. The molecule has 1 rings (SSSR count). The number of rotatable bonds is 1. The molecule has 4 nitrogen and oxygen atoms in total. The number of halogens is 1. The first-order valence-electron chi connectivity index (χ1n) is 3.89. The van der Waals surface area contributed by atoms with E-state index in [4.69, 9.17) is 11.0 Å². The first-order chi connectivity index (χ1) is 6.63. The van der Waals surface area contributed by atoms with Crippen LogP contribution in [0.15, 0.2) is 23.2 Å². The minimum absolute atomic E-state index is 0.0544. The molecule has 14 heavy (non-hydrogen) atoms. The summed E-state index contributed by atoms with van der Waals surface area (Å²) >= 11 is 0. The monoisotopic (exact) mass is 192 g/mol. The molecule has 0 spiro atoms. The molecule has 0 aliphatic rings. The molecule has 0 unspecified atom stereocenters. The highest BCUT2D eigenvalue weighted by atomic mass is 19.1. The molecule has 0 aromatic heterocycles. The minimum atomic E-state index is -0.390. The fraction of sp³-hybridized carbons (Fsp3) is 0.111. The first kappa shape index (κ1) is 9.99. The lowest BCUT2D eigenvalue weighted by molar-refractivity contribution is 0.628.